The number of ketones is 1. The molecular weight excluding hydrogens is 196 g/mol. The summed E-state index contributed by atoms with van der Waals surface area (Å²) < 4.78 is 0. The number of carbonyl (C=O) groups excluding carboxylic acids is 1. The van der Waals surface area contributed by atoms with E-state index >= 15 is 0 Å². The number of carbonyl (C=O) groups is 2. The van der Waals surface area contributed by atoms with Crippen molar-refractivity contribution in [3.8, 4) is 0 Å². The van der Waals surface area contributed by atoms with Gasteiger partial charge in [0.15, 0.2) is 17.5 Å². The topological polar surface area (TPSA) is 135 Å². The van der Waals surface area contributed by atoms with Crippen molar-refractivity contribution in [2.45, 2.75) is 24.7 Å². The van der Waals surface area contributed by atoms with Crippen molar-refractivity contribution in [2.24, 2.45) is 0 Å². The van der Waals surface area contributed by atoms with Gasteiger partial charge in [-0.25, -0.2) is 4.79 Å². The number of aliphatic hydroxyl groups excluding tert-OH is 3. The Labute approximate surface area is 79.2 Å². The average molecular weight is 208 g/mol. The van der Waals surface area contributed by atoms with E-state index < -0.39 is 36.2 Å². The molecule has 0 heterocycles. The molecule has 0 aliphatic carbocycles. The first-order chi connectivity index (χ1) is 6.25. The van der Waals surface area contributed by atoms with Gasteiger partial charge in [0.1, 0.15) is 6.10 Å². The Balaban J connectivity index is 4.77. The number of aliphatic hydroxyl groups is 4. The SMILES string of the molecule is C[C@](O)(C(=O)[C@@H](O)CO)[C@H](O)C(=O)O. The molecule has 0 rings (SSSR count). The van der Waals surface area contributed by atoms with Crippen molar-refractivity contribution in [2.75, 3.05) is 6.61 Å². The predicted octanol–water partition coefficient (Wildman–Crippen LogP) is -2.89. The van der Waals surface area contributed by atoms with Crippen molar-refractivity contribution >= 4 is 11.8 Å². The van der Waals surface area contributed by atoms with E-state index in [1.165, 1.54) is 0 Å². The van der Waals surface area contributed by atoms with Gasteiger partial charge in [-0.3, -0.25) is 4.79 Å². The van der Waals surface area contributed by atoms with Gasteiger partial charge in [0.25, 0.3) is 0 Å². The maximum absolute atomic E-state index is 11.1. The third-order valence-corrected chi connectivity index (χ3v) is 1.74. The lowest BCUT2D eigenvalue weighted by Gasteiger charge is -2.26. The summed E-state index contributed by atoms with van der Waals surface area (Å²) in [5, 5.41) is 43.7. The van der Waals surface area contributed by atoms with Crippen LogP contribution in [0.5, 0.6) is 0 Å². The van der Waals surface area contributed by atoms with Crippen LogP contribution in [0, 0.1) is 0 Å². The molecule has 82 valence electrons. The Morgan fingerprint density at radius 3 is 2.07 bits per heavy atom. The normalized spacial score (nSPS) is 19.5. The minimum absolute atomic E-state index is 0.743. The van der Waals surface area contributed by atoms with Gasteiger partial charge in [0.05, 0.1) is 6.61 Å². The van der Waals surface area contributed by atoms with Crippen LogP contribution in [0.3, 0.4) is 0 Å². The van der Waals surface area contributed by atoms with E-state index in [0.717, 1.165) is 6.92 Å². The molecule has 0 fully saturated rings. The largest absolute Gasteiger partial charge is 0.479 e. The zero-order chi connectivity index (χ0) is 11.5. The molecular formula is C7H12O7. The second kappa shape index (κ2) is 4.47. The summed E-state index contributed by atoms with van der Waals surface area (Å²) >= 11 is 0. The number of Topliss-reactive ketones (excluding diaryl/α,β-unsaturated/α-hetero) is 1. The smallest absolute Gasteiger partial charge is 0.336 e. The van der Waals surface area contributed by atoms with E-state index in [0.29, 0.717) is 0 Å². The highest BCUT2D eigenvalue weighted by Crippen LogP contribution is 2.14. The third kappa shape index (κ3) is 2.48. The van der Waals surface area contributed by atoms with Crippen molar-refractivity contribution in [3.05, 3.63) is 0 Å². The molecule has 14 heavy (non-hydrogen) atoms. The average Bonchev–Trinajstić information content (AvgIpc) is 2.13. The number of hydrogen-bond donors (Lipinski definition) is 5. The molecule has 0 spiro atoms. The van der Waals surface area contributed by atoms with Crippen LogP contribution < -0.4 is 0 Å². The predicted molar refractivity (Wildman–Crippen MR) is 42.4 cm³/mol. The monoisotopic (exact) mass is 208 g/mol. The Bertz CT molecular complexity index is 234. The van der Waals surface area contributed by atoms with Crippen LogP contribution in [0.15, 0.2) is 0 Å². The molecule has 0 aliphatic rings. The number of hydrogen-bond acceptors (Lipinski definition) is 6. The van der Waals surface area contributed by atoms with Gasteiger partial charge >= 0.3 is 5.97 Å². The Kier molecular flexibility index (Phi) is 4.14. The van der Waals surface area contributed by atoms with Gasteiger partial charge in [-0.05, 0) is 6.92 Å². The van der Waals surface area contributed by atoms with Crippen LogP contribution in [-0.2, 0) is 9.59 Å². The summed E-state index contributed by atoms with van der Waals surface area (Å²) in [6.45, 7) is -0.214. The minimum atomic E-state index is -2.63. The molecule has 0 aromatic heterocycles. The second-order valence-corrected chi connectivity index (χ2v) is 2.95. The standard InChI is InChI=1S/C7H12O7/c1-7(14,5(11)6(12)13)4(10)3(9)2-8/h3,5,8-9,11,14H,2H2,1H3,(H,12,13)/t3-,5+,7-/m0/s1. The second-order valence-electron chi connectivity index (χ2n) is 2.95. The van der Waals surface area contributed by atoms with Gasteiger partial charge in [0.2, 0.25) is 0 Å². The molecule has 0 saturated carbocycles. The first kappa shape index (κ1) is 13.0. The van der Waals surface area contributed by atoms with E-state index in [9.17, 15) is 14.7 Å². The van der Waals surface area contributed by atoms with Gasteiger partial charge in [-0.1, -0.05) is 0 Å². The van der Waals surface area contributed by atoms with Crippen molar-refractivity contribution in [1.82, 2.24) is 0 Å². The molecule has 3 atom stereocenters. The number of carboxylic acids is 1. The molecule has 7 nitrogen and oxygen atoms in total. The lowest BCUT2D eigenvalue weighted by Crippen LogP contribution is -2.55. The molecule has 0 aromatic rings. The van der Waals surface area contributed by atoms with E-state index in [-0.39, 0.29) is 0 Å². The number of rotatable bonds is 5. The summed E-state index contributed by atoms with van der Waals surface area (Å²) in [4.78, 5) is 21.3. The first-order valence-corrected chi connectivity index (χ1v) is 3.71. The Morgan fingerprint density at radius 1 is 1.36 bits per heavy atom. The fourth-order valence-electron chi connectivity index (χ4n) is 0.795. The fraction of sp³-hybridized carbons (Fsp3) is 0.714. The highest BCUT2D eigenvalue weighted by atomic mass is 16.4. The van der Waals surface area contributed by atoms with Crippen LogP contribution in [0.2, 0.25) is 0 Å². The molecule has 0 amide bonds. The van der Waals surface area contributed by atoms with Gasteiger partial charge in [0, 0.05) is 0 Å². The summed E-state index contributed by atoms with van der Waals surface area (Å²) in [6, 6.07) is 0. The highest BCUT2D eigenvalue weighted by Gasteiger charge is 2.45. The van der Waals surface area contributed by atoms with Crippen LogP contribution in [0.1, 0.15) is 6.92 Å². The molecule has 0 bridgehead atoms. The summed E-state index contributed by atoms with van der Waals surface area (Å²) in [6.07, 6.45) is -4.27. The van der Waals surface area contributed by atoms with Crippen LogP contribution in [-0.4, -0.2) is 61.7 Å². The molecule has 0 saturated heterocycles. The molecule has 7 heteroatoms. The van der Waals surface area contributed by atoms with Crippen LogP contribution in [0.25, 0.3) is 0 Å². The molecule has 0 unspecified atom stereocenters. The number of aliphatic carboxylic acids is 1. The zero-order valence-corrected chi connectivity index (χ0v) is 7.41. The van der Waals surface area contributed by atoms with E-state index in [2.05, 4.69) is 0 Å². The minimum Gasteiger partial charge on any atom is -0.479 e. The van der Waals surface area contributed by atoms with Crippen molar-refractivity contribution in [3.63, 3.8) is 0 Å². The Hall–Kier alpha value is -1.02. The first-order valence-electron chi connectivity index (χ1n) is 3.71. The summed E-state index contributed by atoms with van der Waals surface area (Å²) in [7, 11) is 0. The van der Waals surface area contributed by atoms with Crippen molar-refractivity contribution < 1.29 is 35.1 Å². The maximum atomic E-state index is 11.1. The molecule has 0 radical (unpaired) electrons. The van der Waals surface area contributed by atoms with Crippen LogP contribution in [0.4, 0.5) is 0 Å². The third-order valence-electron chi connectivity index (χ3n) is 1.74. The lowest BCUT2D eigenvalue weighted by molar-refractivity contribution is -0.173. The van der Waals surface area contributed by atoms with Gasteiger partial charge in [-0.15, -0.1) is 0 Å². The van der Waals surface area contributed by atoms with E-state index in [1.54, 1.807) is 0 Å². The quantitative estimate of drug-likeness (QED) is 0.327. The molecule has 0 aliphatic heterocycles. The van der Waals surface area contributed by atoms with E-state index in [1.807, 2.05) is 0 Å². The Morgan fingerprint density at radius 2 is 1.79 bits per heavy atom. The van der Waals surface area contributed by atoms with E-state index in [4.69, 9.17) is 20.4 Å². The highest BCUT2D eigenvalue weighted by molar-refractivity contribution is 5.95. The summed E-state index contributed by atoms with van der Waals surface area (Å²) in [5.41, 5.74) is -2.63. The maximum Gasteiger partial charge on any atom is 0.336 e. The molecule has 5 N–H and O–H groups in total. The molecule has 0 aromatic carbocycles. The van der Waals surface area contributed by atoms with Gasteiger partial charge < -0.3 is 25.5 Å². The number of carboxylic acid groups (broad SMARTS) is 1. The van der Waals surface area contributed by atoms with Crippen molar-refractivity contribution in [1.29, 1.82) is 0 Å². The van der Waals surface area contributed by atoms with Gasteiger partial charge in [-0.2, -0.15) is 0 Å². The fourth-order valence-corrected chi connectivity index (χ4v) is 0.795. The lowest BCUT2D eigenvalue weighted by atomic mass is 9.91. The zero-order valence-electron chi connectivity index (χ0n) is 7.41. The summed E-state index contributed by atoms with van der Waals surface area (Å²) in [5.74, 6) is -3.15. The van der Waals surface area contributed by atoms with Crippen LogP contribution >= 0.6 is 0 Å².